The Balaban J connectivity index is 1.66. The van der Waals surface area contributed by atoms with Crippen molar-refractivity contribution in [3.63, 3.8) is 0 Å². The lowest BCUT2D eigenvalue weighted by Crippen LogP contribution is -2.47. The Kier molecular flexibility index (Phi) is 7.41. The van der Waals surface area contributed by atoms with Crippen molar-refractivity contribution >= 4 is 33.7 Å². The van der Waals surface area contributed by atoms with Crippen LogP contribution in [-0.4, -0.2) is 39.7 Å². The second kappa shape index (κ2) is 10.2. The molecule has 0 saturated carbocycles. The number of carbonyl (C=O) groups is 2. The minimum absolute atomic E-state index is 0.150. The number of amides is 2. The van der Waals surface area contributed by atoms with E-state index in [0.29, 0.717) is 17.9 Å². The van der Waals surface area contributed by atoms with Crippen molar-refractivity contribution in [2.24, 2.45) is 5.92 Å². The Bertz CT molecular complexity index is 1050. The third-order valence-electron chi connectivity index (χ3n) is 4.62. The summed E-state index contributed by atoms with van der Waals surface area (Å²) in [7, 11) is 1.50. The summed E-state index contributed by atoms with van der Waals surface area (Å²) < 4.78 is 7.87. The molecule has 0 aliphatic heterocycles. The number of ether oxygens (including phenoxy) is 1. The van der Waals surface area contributed by atoms with Gasteiger partial charge < -0.3 is 10.1 Å². The Morgan fingerprint density at radius 1 is 1.13 bits per heavy atom. The van der Waals surface area contributed by atoms with E-state index in [9.17, 15) is 9.59 Å². The molecule has 3 rings (SSSR count). The van der Waals surface area contributed by atoms with Gasteiger partial charge in [0.2, 0.25) is 11.9 Å². The van der Waals surface area contributed by atoms with Crippen LogP contribution >= 0.6 is 15.9 Å². The van der Waals surface area contributed by atoms with Crippen molar-refractivity contribution in [2.45, 2.75) is 26.4 Å². The molecule has 2 amide bonds. The van der Waals surface area contributed by atoms with Gasteiger partial charge in [-0.3, -0.25) is 14.9 Å². The van der Waals surface area contributed by atoms with Crippen molar-refractivity contribution in [3.8, 4) is 5.75 Å². The number of hydrogen-bond acceptors (Lipinski definition) is 5. The summed E-state index contributed by atoms with van der Waals surface area (Å²) in [6, 6.07) is 14.0. The molecular formula is C22H24BrN5O3. The van der Waals surface area contributed by atoms with E-state index in [1.165, 1.54) is 7.11 Å². The van der Waals surface area contributed by atoms with Crippen LogP contribution in [-0.2, 0) is 11.3 Å². The fourth-order valence-corrected chi connectivity index (χ4v) is 3.24. The van der Waals surface area contributed by atoms with E-state index in [1.54, 1.807) is 35.3 Å². The molecule has 0 aliphatic carbocycles. The molecule has 1 unspecified atom stereocenters. The lowest BCUT2D eigenvalue weighted by Gasteiger charge is -2.21. The van der Waals surface area contributed by atoms with Crippen LogP contribution in [0.25, 0.3) is 0 Å². The number of halogens is 1. The molecule has 0 aliphatic rings. The highest BCUT2D eigenvalue weighted by Crippen LogP contribution is 2.18. The molecular weight excluding hydrogens is 462 g/mol. The summed E-state index contributed by atoms with van der Waals surface area (Å²) >= 11 is 3.41. The molecule has 2 N–H and O–H groups in total. The Hall–Kier alpha value is -3.20. The fraction of sp³-hybridized carbons (Fsp3) is 0.273. The first kappa shape index (κ1) is 22.5. The molecule has 2 aromatic carbocycles. The number of nitrogens with one attached hydrogen (secondary N) is 2. The summed E-state index contributed by atoms with van der Waals surface area (Å²) in [5.41, 5.74) is 1.41. The first-order chi connectivity index (χ1) is 14.9. The molecule has 9 heteroatoms. The van der Waals surface area contributed by atoms with Crippen molar-refractivity contribution in [2.75, 3.05) is 12.4 Å². The summed E-state index contributed by atoms with van der Waals surface area (Å²) in [5, 5.41) is 9.77. The first-order valence-corrected chi connectivity index (χ1v) is 10.6. The van der Waals surface area contributed by atoms with Gasteiger partial charge in [0.1, 0.15) is 18.1 Å². The highest BCUT2D eigenvalue weighted by Gasteiger charge is 2.26. The Morgan fingerprint density at radius 3 is 2.52 bits per heavy atom. The van der Waals surface area contributed by atoms with Crippen molar-refractivity contribution in [1.29, 1.82) is 0 Å². The molecule has 0 spiro atoms. The molecule has 3 aromatic rings. The minimum atomic E-state index is -0.768. The topological polar surface area (TPSA) is 98.1 Å². The molecule has 0 radical (unpaired) electrons. The molecule has 0 fully saturated rings. The summed E-state index contributed by atoms with van der Waals surface area (Å²) in [5.74, 6) is -0.307. The van der Waals surface area contributed by atoms with E-state index < -0.39 is 6.04 Å². The van der Waals surface area contributed by atoms with E-state index in [2.05, 4.69) is 36.6 Å². The molecule has 1 atom stereocenters. The van der Waals surface area contributed by atoms with E-state index in [0.717, 1.165) is 10.0 Å². The number of methoxy groups -OCH3 is 1. The summed E-state index contributed by atoms with van der Waals surface area (Å²) in [6.07, 6.45) is 1.55. The smallest absolute Gasteiger partial charge is 0.255 e. The molecule has 31 heavy (non-hydrogen) atoms. The Morgan fingerprint density at radius 2 is 1.84 bits per heavy atom. The number of para-hydroxylation sites is 1. The highest BCUT2D eigenvalue weighted by molar-refractivity contribution is 9.10. The standard InChI is InChI=1S/C22H24BrN5O3/c1-14(2)19(25-20(29)17-6-4-5-7-18(17)31-3)21(30)26-22-24-13-28(27-22)12-15-8-10-16(23)11-9-15/h4-11,13-14,19H,12H2,1-3H3,(H,25,29)(H,26,27,30). The van der Waals surface area contributed by atoms with Crippen LogP contribution in [0.2, 0.25) is 0 Å². The maximum Gasteiger partial charge on any atom is 0.255 e. The second-order valence-electron chi connectivity index (χ2n) is 7.28. The number of benzene rings is 2. The van der Waals surface area contributed by atoms with Gasteiger partial charge in [-0.2, -0.15) is 0 Å². The van der Waals surface area contributed by atoms with Crippen LogP contribution in [0.4, 0.5) is 5.95 Å². The van der Waals surface area contributed by atoms with Crippen LogP contribution in [0.15, 0.2) is 59.3 Å². The van der Waals surface area contributed by atoms with Crippen LogP contribution in [0.5, 0.6) is 5.75 Å². The van der Waals surface area contributed by atoms with Gasteiger partial charge in [0, 0.05) is 4.47 Å². The summed E-state index contributed by atoms with van der Waals surface area (Å²) in [4.78, 5) is 29.7. The van der Waals surface area contributed by atoms with Gasteiger partial charge in [0.25, 0.3) is 5.91 Å². The largest absolute Gasteiger partial charge is 0.496 e. The SMILES string of the molecule is COc1ccccc1C(=O)NC(C(=O)Nc1ncn(Cc2ccc(Br)cc2)n1)C(C)C. The van der Waals surface area contributed by atoms with Crippen LogP contribution < -0.4 is 15.4 Å². The zero-order valence-corrected chi connectivity index (χ0v) is 19.1. The molecule has 1 aromatic heterocycles. The van der Waals surface area contributed by atoms with Gasteiger partial charge in [-0.1, -0.05) is 54.0 Å². The predicted molar refractivity (Wildman–Crippen MR) is 121 cm³/mol. The summed E-state index contributed by atoms with van der Waals surface area (Å²) in [6.45, 7) is 4.23. The average molecular weight is 486 g/mol. The fourth-order valence-electron chi connectivity index (χ4n) is 2.98. The normalized spacial score (nSPS) is 11.8. The van der Waals surface area contributed by atoms with Gasteiger partial charge >= 0.3 is 0 Å². The third-order valence-corrected chi connectivity index (χ3v) is 5.15. The number of hydrogen-bond donors (Lipinski definition) is 2. The van der Waals surface area contributed by atoms with Crippen molar-refractivity contribution in [3.05, 3.63) is 70.5 Å². The monoisotopic (exact) mass is 485 g/mol. The quantitative estimate of drug-likeness (QED) is 0.508. The van der Waals surface area contributed by atoms with Crippen molar-refractivity contribution in [1.82, 2.24) is 20.1 Å². The van der Waals surface area contributed by atoms with Crippen molar-refractivity contribution < 1.29 is 14.3 Å². The van der Waals surface area contributed by atoms with E-state index in [1.807, 2.05) is 38.1 Å². The van der Waals surface area contributed by atoms with Gasteiger partial charge in [-0.15, -0.1) is 5.10 Å². The van der Waals surface area contributed by atoms with E-state index in [-0.39, 0.29) is 23.7 Å². The molecule has 162 valence electrons. The minimum Gasteiger partial charge on any atom is -0.496 e. The van der Waals surface area contributed by atoms with Crippen LogP contribution in [0.1, 0.15) is 29.8 Å². The zero-order valence-electron chi connectivity index (χ0n) is 17.5. The number of rotatable bonds is 8. The zero-order chi connectivity index (χ0) is 22.4. The number of nitrogens with zero attached hydrogens (tertiary/aromatic N) is 3. The average Bonchev–Trinajstić information content (AvgIpc) is 3.19. The number of aromatic nitrogens is 3. The maximum absolute atomic E-state index is 12.8. The first-order valence-electron chi connectivity index (χ1n) is 9.76. The van der Waals surface area contributed by atoms with E-state index in [4.69, 9.17) is 4.74 Å². The molecule has 0 saturated heterocycles. The number of carbonyl (C=O) groups excluding carboxylic acids is 2. The van der Waals surface area contributed by atoms with E-state index >= 15 is 0 Å². The van der Waals surface area contributed by atoms with Gasteiger partial charge in [-0.05, 0) is 35.7 Å². The van der Waals surface area contributed by atoms with Crippen LogP contribution in [0, 0.1) is 5.92 Å². The molecule has 0 bridgehead atoms. The van der Waals surface area contributed by atoms with Gasteiger partial charge in [0.05, 0.1) is 19.2 Å². The van der Waals surface area contributed by atoms with Gasteiger partial charge in [-0.25, -0.2) is 9.67 Å². The lowest BCUT2D eigenvalue weighted by atomic mass is 10.0. The molecule has 8 nitrogen and oxygen atoms in total. The third kappa shape index (κ3) is 5.91. The van der Waals surface area contributed by atoms with Crippen LogP contribution in [0.3, 0.4) is 0 Å². The second-order valence-corrected chi connectivity index (χ2v) is 8.19. The van der Waals surface area contributed by atoms with Gasteiger partial charge in [0.15, 0.2) is 0 Å². The number of anilines is 1. The predicted octanol–water partition coefficient (Wildman–Crippen LogP) is 3.49. The Labute approximate surface area is 189 Å². The molecule has 1 heterocycles. The highest BCUT2D eigenvalue weighted by atomic mass is 79.9. The maximum atomic E-state index is 12.8. The lowest BCUT2D eigenvalue weighted by molar-refractivity contribution is -0.118.